The summed E-state index contributed by atoms with van der Waals surface area (Å²) in [5.74, 6) is -0.0193. The van der Waals surface area contributed by atoms with Crippen LogP contribution < -0.4 is 5.32 Å². The second-order valence-electron chi connectivity index (χ2n) is 6.35. The lowest BCUT2D eigenvalue weighted by Crippen LogP contribution is -2.47. The number of nitrogens with zero attached hydrogens (tertiary/aromatic N) is 2. The Morgan fingerprint density at radius 3 is 2.73 bits per heavy atom. The van der Waals surface area contributed by atoms with E-state index in [1.165, 1.54) is 0 Å². The first-order valence-electron chi connectivity index (χ1n) is 8.46. The van der Waals surface area contributed by atoms with Gasteiger partial charge < -0.3 is 10.2 Å². The molecule has 0 fully saturated rings. The van der Waals surface area contributed by atoms with Gasteiger partial charge in [0.2, 0.25) is 0 Å². The average Bonchev–Trinajstić information content (AvgIpc) is 3.28. The van der Waals surface area contributed by atoms with Gasteiger partial charge in [-0.25, -0.2) is 4.79 Å². The third kappa shape index (κ3) is 2.82. The summed E-state index contributed by atoms with van der Waals surface area (Å²) in [7, 11) is 0. The van der Waals surface area contributed by atoms with Crippen LogP contribution in [0.4, 0.5) is 4.79 Å². The van der Waals surface area contributed by atoms with E-state index in [1.54, 1.807) is 27.2 Å². The van der Waals surface area contributed by atoms with E-state index in [0.29, 0.717) is 25.2 Å². The molecule has 1 aromatic carbocycles. The number of urea groups is 1. The van der Waals surface area contributed by atoms with Gasteiger partial charge in [0.15, 0.2) is 0 Å². The summed E-state index contributed by atoms with van der Waals surface area (Å²) >= 11 is 1.56. The first-order chi connectivity index (χ1) is 12.7. The SMILES string of the molecule is C=CCN1C(=O)N[C@H](c2ccsc2)C2=C1CN(Cc1ccccc1)C2=O. The van der Waals surface area contributed by atoms with Crippen molar-refractivity contribution in [1.29, 1.82) is 0 Å². The second-order valence-corrected chi connectivity index (χ2v) is 7.13. The van der Waals surface area contributed by atoms with Gasteiger partial charge in [-0.2, -0.15) is 11.3 Å². The summed E-state index contributed by atoms with van der Waals surface area (Å²) in [6.07, 6.45) is 1.68. The zero-order chi connectivity index (χ0) is 18.1. The highest BCUT2D eigenvalue weighted by atomic mass is 32.1. The summed E-state index contributed by atoms with van der Waals surface area (Å²) in [5.41, 5.74) is 3.47. The molecule has 0 bridgehead atoms. The van der Waals surface area contributed by atoms with E-state index in [-0.39, 0.29) is 11.9 Å². The smallest absolute Gasteiger partial charge is 0.322 e. The maximum Gasteiger partial charge on any atom is 0.322 e. The van der Waals surface area contributed by atoms with Crippen LogP contribution in [0.1, 0.15) is 17.2 Å². The first kappa shape index (κ1) is 16.6. The van der Waals surface area contributed by atoms with Gasteiger partial charge in [0.05, 0.1) is 23.9 Å². The third-order valence-electron chi connectivity index (χ3n) is 4.70. The van der Waals surface area contributed by atoms with Gasteiger partial charge in [-0.15, -0.1) is 6.58 Å². The minimum Gasteiger partial charge on any atom is -0.329 e. The molecule has 4 rings (SSSR count). The Kier molecular flexibility index (Phi) is 4.34. The maximum absolute atomic E-state index is 13.2. The molecule has 0 saturated carbocycles. The molecule has 0 radical (unpaired) electrons. The van der Waals surface area contributed by atoms with E-state index < -0.39 is 6.04 Å². The van der Waals surface area contributed by atoms with E-state index in [9.17, 15) is 9.59 Å². The lowest BCUT2D eigenvalue weighted by Gasteiger charge is -2.32. The van der Waals surface area contributed by atoms with Crippen molar-refractivity contribution in [2.45, 2.75) is 12.6 Å². The maximum atomic E-state index is 13.2. The number of carbonyl (C=O) groups excluding carboxylic acids is 2. The van der Waals surface area contributed by atoms with Gasteiger partial charge in [-0.3, -0.25) is 9.69 Å². The van der Waals surface area contributed by atoms with E-state index in [4.69, 9.17) is 0 Å². The van der Waals surface area contributed by atoms with Crippen LogP contribution in [0.25, 0.3) is 0 Å². The largest absolute Gasteiger partial charge is 0.329 e. The summed E-state index contributed by atoms with van der Waals surface area (Å²) < 4.78 is 0. The fourth-order valence-electron chi connectivity index (χ4n) is 3.49. The highest BCUT2D eigenvalue weighted by Crippen LogP contribution is 2.37. The van der Waals surface area contributed by atoms with Crippen LogP contribution >= 0.6 is 11.3 Å². The fourth-order valence-corrected chi connectivity index (χ4v) is 4.18. The van der Waals surface area contributed by atoms with Gasteiger partial charge in [0.25, 0.3) is 5.91 Å². The lowest BCUT2D eigenvalue weighted by atomic mass is 9.98. The normalized spacial score (nSPS) is 19.6. The molecule has 0 saturated heterocycles. The highest BCUT2D eigenvalue weighted by molar-refractivity contribution is 7.08. The highest BCUT2D eigenvalue weighted by Gasteiger charge is 2.43. The molecule has 5 nitrogen and oxygen atoms in total. The standard InChI is InChI=1S/C20H19N3O2S/c1-2-9-23-16-12-22(11-14-6-4-3-5-7-14)19(24)17(16)18(21-20(23)25)15-8-10-26-13-15/h2-8,10,13,18H,1,9,11-12H2,(H,21,25)/t18-/m1/s1. The number of amides is 3. The zero-order valence-electron chi connectivity index (χ0n) is 14.2. The monoisotopic (exact) mass is 365 g/mol. The molecule has 1 N–H and O–H groups in total. The molecule has 0 unspecified atom stereocenters. The van der Waals surface area contributed by atoms with Gasteiger partial charge in [0.1, 0.15) is 0 Å². The molecule has 0 spiro atoms. The minimum atomic E-state index is -0.391. The van der Waals surface area contributed by atoms with Crippen LogP contribution in [0, 0.1) is 0 Å². The Bertz CT molecular complexity index is 874. The quantitative estimate of drug-likeness (QED) is 0.827. The third-order valence-corrected chi connectivity index (χ3v) is 5.40. The number of carbonyl (C=O) groups is 2. The van der Waals surface area contributed by atoms with E-state index in [1.807, 2.05) is 47.2 Å². The van der Waals surface area contributed by atoms with Crippen LogP contribution in [0.2, 0.25) is 0 Å². The molecular weight excluding hydrogens is 346 g/mol. The van der Waals surface area contributed by atoms with E-state index >= 15 is 0 Å². The topological polar surface area (TPSA) is 52.7 Å². The molecule has 1 aromatic heterocycles. The molecule has 3 amide bonds. The van der Waals surface area contributed by atoms with Gasteiger partial charge in [0, 0.05) is 13.1 Å². The van der Waals surface area contributed by atoms with Crippen LogP contribution in [-0.4, -0.2) is 34.8 Å². The average molecular weight is 365 g/mol. The van der Waals surface area contributed by atoms with Gasteiger partial charge in [-0.1, -0.05) is 36.4 Å². The van der Waals surface area contributed by atoms with Crippen molar-refractivity contribution in [1.82, 2.24) is 15.1 Å². The number of nitrogens with one attached hydrogen (secondary N) is 1. The van der Waals surface area contributed by atoms with Crippen LogP contribution in [0.15, 0.2) is 71.1 Å². The predicted octanol–water partition coefficient (Wildman–Crippen LogP) is 3.30. The van der Waals surface area contributed by atoms with Gasteiger partial charge in [-0.05, 0) is 28.0 Å². The molecule has 3 heterocycles. The minimum absolute atomic E-state index is 0.0193. The lowest BCUT2D eigenvalue weighted by molar-refractivity contribution is -0.126. The Morgan fingerprint density at radius 2 is 2.04 bits per heavy atom. The second kappa shape index (κ2) is 6.80. The molecular formula is C20H19N3O2S. The van der Waals surface area contributed by atoms with Crippen molar-refractivity contribution >= 4 is 23.3 Å². The Balaban J connectivity index is 1.69. The summed E-state index contributed by atoms with van der Waals surface area (Å²) in [6, 6.07) is 11.3. The van der Waals surface area contributed by atoms with Crippen molar-refractivity contribution in [3.8, 4) is 0 Å². The summed E-state index contributed by atoms with van der Waals surface area (Å²) in [6.45, 7) is 5.08. The number of thiophene rings is 1. The number of rotatable bonds is 5. The number of hydrogen-bond acceptors (Lipinski definition) is 3. The Hall–Kier alpha value is -2.86. The fraction of sp³-hybridized carbons (Fsp3) is 0.200. The Labute approximate surface area is 156 Å². The summed E-state index contributed by atoms with van der Waals surface area (Å²) in [4.78, 5) is 29.2. The summed E-state index contributed by atoms with van der Waals surface area (Å²) in [5, 5.41) is 6.92. The predicted molar refractivity (Wildman–Crippen MR) is 101 cm³/mol. The molecule has 132 valence electrons. The molecule has 2 aromatic rings. The van der Waals surface area contributed by atoms with Crippen LogP contribution in [-0.2, 0) is 11.3 Å². The van der Waals surface area contributed by atoms with Crippen molar-refractivity contribution in [2.75, 3.05) is 13.1 Å². The van der Waals surface area contributed by atoms with Crippen molar-refractivity contribution in [3.63, 3.8) is 0 Å². The van der Waals surface area contributed by atoms with Crippen molar-refractivity contribution < 1.29 is 9.59 Å². The zero-order valence-corrected chi connectivity index (χ0v) is 15.0. The first-order valence-corrected chi connectivity index (χ1v) is 9.40. The van der Waals surface area contributed by atoms with Gasteiger partial charge >= 0.3 is 6.03 Å². The number of hydrogen-bond donors (Lipinski definition) is 1. The van der Waals surface area contributed by atoms with E-state index in [0.717, 1.165) is 16.8 Å². The molecule has 1 atom stereocenters. The molecule has 6 heteroatoms. The molecule has 0 aliphatic carbocycles. The number of benzene rings is 1. The molecule has 26 heavy (non-hydrogen) atoms. The van der Waals surface area contributed by atoms with Crippen LogP contribution in [0.3, 0.4) is 0 Å². The molecule has 2 aliphatic rings. The van der Waals surface area contributed by atoms with E-state index in [2.05, 4.69) is 11.9 Å². The Morgan fingerprint density at radius 1 is 1.23 bits per heavy atom. The molecule has 2 aliphatic heterocycles. The van der Waals surface area contributed by atoms with Crippen LogP contribution in [0.5, 0.6) is 0 Å². The van der Waals surface area contributed by atoms with Crippen molar-refractivity contribution in [3.05, 3.63) is 82.2 Å². The van der Waals surface area contributed by atoms with Crippen molar-refractivity contribution in [2.24, 2.45) is 0 Å².